The van der Waals surface area contributed by atoms with E-state index in [1.54, 1.807) is 12.1 Å². The van der Waals surface area contributed by atoms with Crippen molar-refractivity contribution in [3.8, 4) is 0 Å². The molecule has 0 aromatic heterocycles. The molecule has 55 heavy (non-hydrogen) atoms. The minimum atomic E-state index is -3.99. The lowest BCUT2D eigenvalue weighted by atomic mass is 10.0. The number of hydrogen-bond acceptors (Lipinski definition) is 7. The maximum Gasteiger partial charge on any atom is 0.297 e. The fraction of sp³-hybridized carbons (Fsp3) is 0.333. The highest BCUT2D eigenvalue weighted by molar-refractivity contribution is 7.87. The van der Waals surface area contributed by atoms with Gasteiger partial charge in [0.05, 0.1) is 11.2 Å². The molecule has 0 amide bonds. The topological polar surface area (TPSA) is 107 Å². The molecule has 0 unspecified atom stereocenters. The Labute approximate surface area is 327 Å². The van der Waals surface area contributed by atoms with Gasteiger partial charge in [0.15, 0.2) is 0 Å². The summed E-state index contributed by atoms with van der Waals surface area (Å²) in [5.41, 5.74) is 4.70. The van der Waals surface area contributed by atoms with Crippen molar-refractivity contribution in [3.63, 3.8) is 0 Å². The van der Waals surface area contributed by atoms with Gasteiger partial charge in [0.25, 0.3) is 10.1 Å². The molecule has 3 heterocycles. The summed E-state index contributed by atoms with van der Waals surface area (Å²) in [7, 11) is -9.71. The van der Waals surface area contributed by atoms with Gasteiger partial charge in [-0.1, -0.05) is 139 Å². The highest BCUT2D eigenvalue weighted by Crippen LogP contribution is 2.77. The first-order chi connectivity index (χ1) is 26.7. The van der Waals surface area contributed by atoms with Crippen molar-refractivity contribution < 1.29 is 31.6 Å². The third-order valence-corrected chi connectivity index (χ3v) is 19.9. The Balaban J connectivity index is 0.000000176. The first-order valence-corrected chi connectivity index (χ1v) is 24.6. The van der Waals surface area contributed by atoms with E-state index in [2.05, 4.69) is 0 Å². The molecule has 3 saturated heterocycles. The lowest BCUT2D eigenvalue weighted by Gasteiger charge is -2.26. The molecule has 1 N–H and O–H groups in total. The summed E-state index contributed by atoms with van der Waals surface area (Å²) in [4.78, 5) is 0.0893. The Hall–Kier alpha value is -3.61. The minimum absolute atomic E-state index is 0.00101. The second kappa shape index (κ2) is 19.0. The number of aliphatic hydroxyl groups is 1. The van der Waals surface area contributed by atoms with Crippen molar-refractivity contribution in [2.24, 2.45) is 0 Å². The molecule has 5 aromatic carbocycles. The molecule has 3 aliphatic rings. The Morgan fingerprint density at radius 2 is 0.909 bits per heavy atom. The molecule has 10 heteroatoms. The zero-order valence-electron chi connectivity index (χ0n) is 31.4. The summed E-state index contributed by atoms with van der Waals surface area (Å²) in [6, 6.07) is 45.9. The maximum absolute atomic E-state index is 14.4. The highest BCUT2D eigenvalue weighted by Gasteiger charge is 2.49. The molecule has 0 bridgehead atoms. The third-order valence-electron chi connectivity index (χ3n) is 11.0. The van der Waals surface area contributed by atoms with Crippen LogP contribution in [0.25, 0.3) is 0 Å². The number of ether oxygens (including phenoxy) is 1. The van der Waals surface area contributed by atoms with E-state index in [4.69, 9.17) is 8.92 Å². The summed E-state index contributed by atoms with van der Waals surface area (Å²) < 4.78 is 63.8. The molecule has 0 aliphatic carbocycles. The van der Waals surface area contributed by atoms with Gasteiger partial charge in [-0.25, -0.2) is 0 Å². The third kappa shape index (κ3) is 9.86. The van der Waals surface area contributed by atoms with Gasteiger partial charge in [0.2, 0.25) is 0 Å². The van der Waals surface area contributed by atoms with Crippen LogP contribution in [0, 0.1) is 6.92 Å². The maximum atomic E-state index is 14.4. The predicted octanol–water partition coefficient (Wildman–Crippen LogP) is 11.7. The van der Waals surface area contributed by atoms with Crippen LogP contribution >= 0.6 is 14.3 Å². The number of hydrogen-bond donors (Lipinski definition) is 1. The first-order valence-electron chi connectivity index (χ1n) is 19.2. The summed E-state index contributed by atoms with van der Waals surface area (Å²) in [5.74, 6) is 0. The SMILES string of the molecule is C1CCOC1.Cc1ccc(S(=O)(=O)OCP2(=O)[C@H](c3ccccc3)CC[C@H]2c2ccccc2)cc1.O=P1(CO)[C@H](c2ccccc2)CC[C@H]1c1ccccc1. The number of aryl methyl sites for hydroxylation is 1. The molecule has 3 fully saturated rings. The van der Waals surface area contributed by atoms with E-state index in [9.17, 15) is 22.7 Å². The fourth-order valence-electron chi connectivity index (χ4n) is 8.13. The fourth-order valence-corrected chi connectivity index (χ4v) is 16.6. The number of aliphatic hydroxyl groups excluding tert-OH is 1. The van der Waals surface area contributed by atoms with Crippen LogP contribution in [0.4, 0.5) is 0 Å². The van der Waals surface area contributed by atoms with Crippen LogP contribution in [0.3, 0.4) is 0 Å². The molecule has 5 aromatic rings. The molecule has 7 nitrogen and oxygen atoms in total. The van der Waals surface area contributed by atoms with E-state index in [-0.39, 0.29) is 40.2 Å². The van der Waals surface area contributed by atoms with Crippen LogP contribution in [0.15, 0.2) is 150 Å². The van der Waals surface area contributed by atoms with E-state index in [0.717, 1.165) is 66.7 Å². The average Bonchev–Trinajstić information content (AvgIpc) is 4.00. The Morgan fingerprint density at radius 3 is 1.22 bits per heavy atom. The summed E-state index contributed by atoms with van der Waals surface area (Å²) in [5, 5.41) is 9.83. The van der Waals surface area contributed by atoms with Gasteiger partial charge in [-0.3, -0.25) is 4.18 Å². The van der Waals surface area contributed by atoms with Gasteiger partial charge in [-0.05, 0) is 79.8 Å². The monoisotopic (exact) mass is 798 g/mol. The first kappa shape index (κ1) is 41.0. The van der Waals surface area contributed by atoms with Crippen molar-refractivity contribution in [1.29, 1.82) is 0 Å². The molecular weight excluding hydrogens is 747 g/mol. The molecule has 3 aliphatic heterocycles. The van der Waals surface area contributed by atoms with Gasteiger partial charge in [-0.2, -0.15) is 8.42 Å². The zero-order chi connectivity index (χ0) is 38.7. The predicted molar refractivity (Wildman–Crippen MR) is 222 cm³/mol. The molecule has 0 saturated carbocycles. The van der Waals surface area contributed by atoms with E-state index in [1.807, 2.05) is 128 Å². The van der Waals surface area contributed by atoms with Gasteiger partial charge in [0, 0.05) is 35.8 Å². The number of benzene rings is 5. The van der Waals surface area contributed by atoms with Gasteiger partial charge in [-0.15, -0.1) is 0 Å². The standard InChI is InChI=1S/C24H25O4PS.C17H19O2P.C4H8O/c1-19-12-14-22(15-13-19)30(26,27)28-18-29(25)23(20-8-4-2-5-9-20)16-17-24(29)21-10-6-3-7-11-21;18-13-20(19)16(14-7-3-1-4-8-14)11-12-17(20)15-9-5-2-6-10-15;1-2-4-5-3-1/h2-15,23-24H,16-18H2,1H3;1-10,16-18H,11-13H2;1-4H2/t23-,24-;16-,17-;/m00./s1. The van der Waals surface area contributed by atoms with Crippen molar-refractivity contribution in [3.05, 3.63) is 173 Å². The normalized spacial score (nSPS) is 22.5. The van der Waals surface area contributed by atoms with E-state index >= 15 is 0 Å². The van der Waals surface area contributed by atoms with Crippen molar-refractivity contribution >= 4 is 24.4 Å². The summed E-state index contributed by atoms with van der Waals surface area (Å²) in [6.07, 6.45) is 5.33. The van der Waals surface area contributed by atoms with Gasteiger partial charge < -0.3 is 19.0 Å². The van der Waals surface area contributed by atoms with Crippen LogP contribution in [0.1, 0.15) is 89.0 Å². The molecule has 0 spiro atoms. The van der Waals surface area contributed by atoms with Crippen molar-refractivity contribution in [2.45, 2.75) is 73.0 Å². The Kier molecular flexibility index (Phi) is 14.2. The Bertz CT molecular complexity index is 2020. The van der Waals surface area contributed by atoms with E-state index in [1.165, 1.54) is 25.0 Å². The minimum Gasteiger partial charge on any atom is -0.389 e. The second-order valence-electron chi connectivity index (χ2n) is 14.5. The molecule has 8 rings (SSSR count). The number of rotatable bonds is 9. The lowest BCUT2D eigenvalue weighted by Crippen LogP contribution is -2.11. The van der Waals surface area contributed by atoms with Crippen molar-refractivity contribution in [1.82, 2.24) is 0 Å². The van der Waals surface area contributed by atoms with Crippen LogP contribution in [-0.2, 0) is 28.2 Å². The average molecular weight is 799 g/mol. The van der Waals surface area contributed by atoms with Crippen LogP contribution in [0.2, 0.25) is 0 Å². The largest absolute Gasteiger partial charge is 0.389 e. The smallest absolute Gasteiger partial charge is 0.297 e. The molecule has 4 atom stereocenters. The lowest BCUT2D eigenvalue weighted by molar-refractivity contribution is 0.198. The van der Waals surface area contributed by atoms with Gasteiger partial charge >= 0.3 is 0 Å². The van der Waals surface area contributed by atoms with Crippen LogP contribution in [0.5, 0.6) is 0 Å². The zero-order valence-corrected chi connectivity index (χ0v) is 34.0. The van der Waals surface area contributed by atoms with Crippen molar-refractivity contribution in [2.75, 3.05) is 25.9 Å². The molecule has 290 valence electrons. The molecular formula is C45H52O7P2S. The van der Waals surface area contributed by atoms with Crippen LogP contribution in [-0.4, -0.2) is 39.4 Å². The summed E-state index contributed by atoms with van der Waals surface area (Å²) >= 11 is 0. The highest BCUT2D eigenvalue weighted by atomic mass is 32.2. The van der Waals surface area contributed by atoms with Gasteiger partial charge in [0.1, 0.15) is 20.6 Å². The van der Waals surface area contributed by atoms with E-state index < -0.39 is 24.4 Å². The second-order valence-corrected chi connectivity index (χ2v) is 22.6. The quantitative estimate of drug-likeness (QED) is 0.117. The molecule has 0 radical (unpaired) electrons. The summed E-state index contributed by atoms with van der Waals surface area (Å²) in [6.45, 7) is 3.89. The Morgan fingerprint density at radius 1 is 0.564 bits per heavy atom. The van der Waals surface area contributed by atoms with E-state index in [0.29, 0.717) is 0 Å². The van der Waals surface area contributed by atoms with Crippen LogP contribution < -0.4 is 0 Å².